The van der Waals surface area contributed by atoms with Gasteiger partial charge in [0, 0.05) is 18.4 Å². The SMILES string of the molecule is Cc1ccc(NC(=O)Nc2cccc(C(F)(F)F)c2)cc1S(=O)(=O)Nc1ccc2c(c1)ncn2C. The van der Waals surface area contributed by atoms with E-state index >= 15 is 0 Å². The maximum atomic E-state index is 13.1. The number of aromatic nitrogens is 2. The number of aryl methyl sites for hydroxylation is 2. The molecule has 0 atom stereocenters. The van der Waals surface area contributed by atoms with E-state index in [9.17, 15) is 26.4 Å². The standard InChI is InChI=1S/C23H20F3N5O3S/c1-14-6-7-17(29-22(32)28-16-5-3-4-15(10-16)23(24,25)26)12-21(14)35(33,34)30-18-8-9-20-19(11-18)27-13-31(20)2/h3-13,30H,1-2H3,(H2,28,29,32). The van der Waals surface area contributed by atoms with Crippen LogP contribution in [0, 0.1) is 6.92 Å². The second kappa shape index (κ2) is 8.95. The Labute approximate surface area is 198 Å². The first-order valence-electron chi connectivity index (χ1n) is 10.2. The van der Waals surface area contributed by atoms with E-state index in [2.05, 4.69) is 20.3 Å². The molecule has 3 N–H and O–H groups in total. The first kappa shape index (κ1) is 24.1. The van der Waals surface area contributed by atoms with E-state index in [1.807, 2.05) is 7.05 Å². The van der Waals surface area contributed by atoms with Crippen molar-refractivity contribution in [3.05, 3.63) is 78.1 Å². The van der Waals surface area contributed by atoms with E-state index in [1.54, 1.807) is 36.0 Å². The van der Waals surface area contributed by atoms with E-state index in [4.69, 9.17) is 0 Å². The van der Waals surface area contributed by atoms with E-state index in [-0.39, 0.29) is 16.3 Å². The van der Waals surface area contributed by atoms with Crippen molar-refractivity contribution in [1.82, 2.24) is 9.55 Å². The quantitative estimate of drug-likeness (QED) is 0.342. The summed E-state index contributed by atoms with van der Waals surface area (Å²) in [7, 11) is -2.20. The predicted molar refractivity (Wildman–Crippen MR) is 127 cm³/mol. The molecule has 35 heavy (non-hydrogen) atoms. The van der Waals surface area contributed by atoms with Gasteiger partial charge in [0.05, 0.1) is 33.5 Å². The Hall–Kier alpha value is -4.06. The molecule has 1 heterocycles. The van der Waals surface area contributed by atoms with Gasteiger partial charge in [-0.25, -0.2) is 18.2 Å². The van der Waals surface area contributed by atoms with Crippen molar-refractivity contribution in [2.45, 2.75) is 18.0 Å². The highest BCUT2D eigenvalue weighted by atomic mass is 32.2. The largest absolute Gasteiger partial charge is 0.416 e. The minimum Gasteiger partial charge on any atom is -0.334 e. The van der Waals surface area contributed by atoms with Crippen LogP contribution in [-0.2, 0) is 23.2 Å². The Balaban J connectivity index is 1.52. The lowest BCUT2D eigenvalue weighted by molar-refractivity contribution is -0.137. The molecule has 2 amide bonds. The summed E-state index contributed by atoms with van der Waals surface area (Å²) in [6.07, 6.45) is -2.94. The van der Waals surface area contributed by atoms with Crippen LogP contribution in [0.1, 0.15) is 11.1 Å². The van der Waals surface area contributed by atoms with Gasteiger partial charge in [-0.05, 0) is 61.0 Å². The van der Waals surface area contributed by atoms with Gasteiger partial charge in [0.1, 0.15) is 0 Å². The van der Waals surface area contributed by atoms with E-state index in [1.165, 1.54) is 30.3 Å². The molecule has 3 aromatic carbocycles. The highest BCUT2D eigenvalue weighted by Crippen LogP contribution is 2.31. The van der Waals surface area contributed by atoms with Crippen molar-refractivity contribution >= 4 is 44.1 Å². The van der Waals surface area contributed by atoms with Crippen LogP contribution >= 0.6 is 0 Å². The average molecular weight is 504 g/mol. The maximum Gasteiger partial charge on any atom is 0.416 e. The third-order valence-corrected chi connectivity index (χ3v) is 6.68. The lowest BCUT2D eigenvalue weighted by Crippen LogP contribution is -2.20. The van der Waals surface area contributed by atoms with Crippen LogP contribution in [0.25, 0.3) is 11.0 Å². The highest BCUT2D eigenvalue weighted by Gasteiger charge is 2.30. The van der Waals surface area contributed by atoms with Crippen LogP contribution in [-0.4, -0.2) is 24.0 Å². The monoisotopic (exact) mass is 503 g/mol. The van der Waals surface area contributed by atoms with Crippen molar-refractivity contribution in [2.75, 3.05) is 15.4 Å². The van der Waals surface area contributed by atoms with E-state index in [0.29, 0.717) is 16.8 Å². The summed E-state index contributed by atoms with van der Waals surface area (Å²) in [4.78, 5) is 16.5. The molecular weight excluding hydrogens is 483 g/mol. The van der Waals surface area contributed by atoms with Gasteiger partial charge in [0.15, 0.2) is 0 Å². The summed E-state index contributed by atoms with van der Waals surface area (Å²) in [6, 6.07) is 12.6. The number of halogens is 3. The zero-order valence-corrected chi connectivity index (χ0v) is 19.3. The molecule has 4 aromatic rings. The van der Waals surface area contributed by atoms with Gasteiger partial charge in [0.2, 0.25) is 0 Å². The highest BCUT2D eigenvalue weighted by molar-refractivity contribution is 7.92. The molecule has 0 saturated heterocycles. The molecule has 12 heteroatoms. The number of sulfonamides is 1. The molecule has 0 saturated carbocycles. The third kappa shape index (κ3) is 5.38. The van der Waals surface area contributed by atoms with Gasteiger partial charge in [-0.3, -0.25) is 4.72 Å². The number of fused-ring (bicyclic) bond motifs is 1. The van der Waals surface area contributed by atoms with Crippen LogP contribution in [0.5, 0.6) is 0 Å². The van der Waals surface area contributed by atoms with Crippen LogP contribution in [0.2, 0.25) is 0 Å². The number of anilines is 3. The van der Waals surface area contributed by atoms with E-state index < -0.39 is 27.8 Å². The fraction of sp³-hybridized carbons (Fsp3) is 0.130. The summed E-state index contributed by atoms with van der Waals surface area (Å²) in [5.74, 6) is 0. The number of benzene rings is 3. The molecule has 0 radical (unpaired) electrons. The molecule has 0 aliphatic rings. The van der Waals surface area contributed by atoms with Crippen molar-refractivity contribution < 1.29 is 26.4 Å². The Morgan fingerprint density at radius 2 is 1.63 bits per heavy atom. The predicted octanol–water partition coefficient (Wildman–Crippen LogP) is 5.35. The smallest absolute Gasteiger partial charge is 0.334 e. The third-order valence-electron chi connectivity index (χ3n) is 5.16. The van der Waals surface area contributed by atoms with Gasteiger partial charge in [-0.2, -0.15) is 13.2 Å². The molecule has 182 valence electrons. The molecule has 0 aliphatic carbocycles. The normalized spacial score (nSPS) is 11.9. The van der Waals surface area contributed by atoms with Gasteiger partial charge in [-0.1, -0.05) is 12.1 Å². The van der Waals surface area contributed by atoms with Gasteiger partial charge in [-0.15, -0.1) is 0 Å². The minimum absolute atomic E-state index is 0.0659. The van der Waals surface area contributed by atoms with Crippen LogP contribution in [0.3, 0.4) is 0 Å². The molecule has 0 bridgehead atoms. The number of rotatable bonds is 5. The maximum absolute atomic E-state index is 13.1. The summed E-state index contributed by atoms with van der Waals surface area (Å²) < 4.78 is 69.1. The Morgan fingerprint density at radius 1 is 0.943 bits per heavy atom. The Bertz CT molecular complexity index is 1530. The second-order valence-electron chi connectivity index (χ2n) is 7.80. The number of nitrogens with zero attached hydrogens (tertiary/aromatic N) is 2. The number of alkyl halides is 3. The number of imidazole rings is 1. The molecule has 1 aromatic heterocycles. The van der Waals surface area contributed by atoms with Gasteiger partial charge < -0.3 is 15.2 Å². The Kier molecular flexibility index (Phi) is 6.15. The molecule has 0 fully saturated rings. The molecule has 0 spiro atoms. The second-order valence-corrected chi connectivity index (χ2v) is 9.45. The summed E-state index contributed by atoms with van der Waals surface area (Å²) in [6.45, 7) is 1.60. The van der Waals surface area contributed by atoms with E-state index in [0.717, 1.165) is 17.6 Å². The summed E-state index contributed by atoms with van der Waals surface area (Å²) >= 11 is 0. The lowest BCUT2D eigenvalue weighted by Gasteiger charge is -2.14. The van der Waals surface area contributed by atoms with Crippen LogP contribution in [0.15, 0.2) is 71.9 Å². The molecule has 4 rings (SSSR count). The van der Waals surface area contributed by atoms with Crippen LogP contribution < -0.4 is 15.4 Å². The molecule has 8 nitrogen and oxygen atoms in total. The fourth-order valence-electron chi connectivity index (χ4n) is 3.44. The van der Waals surface area contributed by atoms with Crippen molar-refractivity contribution in [3.8, 4) is 0 Å². The number of hydrogen-bond acceptors (Lipinski definition) is 4. The fourth-order valence-corrected chi connectivity index (χ4v) is 4.77. The first-order chi connectivity index (χ1) is 16.4. The minimum atomic E-state index is -4.55. The molecule has 0 aliphatic heterocycles. The molecule has 0 unspecified atom stereocenters. The van der Waals surface area contributed by atoms with Crippen molar-refractivity contribution in [1.29, 1.82) is 0 Å². The number of urea groups is 1. The number of carbonyl (C=O) groups is 1. The number of hydrogen-bond donors (Lipinski definition) is 3. The topological polar surface area (TPSA) is 105 Å². The van der Waals surface area contributed by atoms with Gasteiger partial charge >= 0.3 is 12.2 Å². The zero-order valence-electron chi connectivity index (χ0n) is 18.5. The van der Waals surface area contributed by atoms with Crippen molar-refractivity contribution in [2.24, 2.45) is 7.05 Å². The number of amides is 2. The van der Waals surface area contributed by atoms with Crippen molar-refractivity contribution in [3.63, 3.8) is 0 Å². The van der Waals surface area contributed by atoms with Crippen LogP contribution in [0.4, 0.5) is 35.0 Å². The molecular formula is C23H20F3N5O3S. The number of carbonyl (C=O) groups excluding carboxylic acids is 1. The number of nitrogens with one attached hydrogen (secondary N) is 3. The summed E-state index contributed by atoms with van der Waals surface area (Å²) in [5.41, 5.74) is 1.36. The summed E-state index contributed by atoms with van der Waals surface area (Å²) in [5, 5.41) is 4.75. The average Bonchev–Trinajstić information content (AvgIpc) is 3.14. The lowest BCUT2D eigenvalue weighted by atomic mass is 10.2. The first-order valence-corrected chi connectivity index (χ1v) is 11.7. The zero-order chi connectivity index (χ0) is 25.4. The van der Waals surface area contributed by atoms with Gasteiger partial charge in [0.25, 0.3) is 10.0 Å². The Morgan fingerprint density at radius 3 is 2.34 bits per heavy atom.